The molecule has 2 aromatic heterocycles. The molecule has 0 saturated heterocycles. The van der Waals surface area contributed by atoms with E-state index in [1.54, 1.807) is 36.5 Å². The number of H-pyrrole nitrogens is 1. The average molecular weight is 601 g/mol. The number of hydrogen-bond acceptors (Lipinski definition) is 8. The van der Waals surface area contributed by atoms with E-state index in [0.29, 0.717) is 33.5 Å². The smallest absolute Gasteiger partial charge is 0.272 e. The topological polar surface area (TPSA) is 169 Å². The predicted octanol–water partition coefficient (Wildman–Crippen LogP) is 3.99. The minimum atomic E-state index is -3.66. The number of carbonyl (C=O) groups excluding carboxylic acids is 2. The summed E-state index contributed by atoms with van der Waals surface area (Å²) in [5.41, 5.74) is 8.86. The first-order valence-electron chi connectivity index (χ1n) is 11.5. The summed E-state index contributed by atoms with van der Waals surface area (Å²) in [6, 6.07) is 17.6. The summed E-state index contributed by atoms with van der Waals surface area (Å²) in [5, 5.41) is 7.05. The number of anilines is 2. The summed E-state index contributed by atoms with van der Waals surface area (Å²) in [7, 11) is 1.65. The highest BCUT2D eigenvalue weighted by atomic mass is 35.7. The van der Waals surface area contributed by atoms with Crippen molar-refractivity contribution in [3.05, 3.63) is 84.4 Å². The molecule has 0 saturated carbocycles. The Hall–Kier alpha value is -4.39. The van der Waals surface area contributed by atoms with Crippen LogP contribution in [0.25, 0.3) is 21.8 Å². The van der Waals surface area contributed by atoms with Crippen LogP contribution < -0.4 is 21.1 Å². The summed E-state index contributed by atoms with van der Waals surface area (Å²) < 4.78 is 27.7. The van der Waals surface area contributed by atoms with Gasteiger partial charge in [-0.1, -0.05) is 42.5 Å². The number of fused-ring (bicyclic) bond motifs is 3. The Morgan fingerprint density at radius 3 is 2.67 bits per heavy atom. The number of nitrogens with two attached hydrogens (primary N) is 1. The van der Waals surface area contributed by atoms with Gasteiger partial charge >= 0.3 is 0 Å². The number of benzene rings is 3. The van der Waals surface area contributed by atoms with Gasteiger partial charge in [0.25, 0.3) is 20.9 Å². The first-order valence-corrected chi connectivity index (χ1v) is 13.9. The standard InChI is InChI=1S/C16H14N6O3.C10H7ClO2S.ClH/c17-9-5-18-14-13(9)20-7-21-15(14)16(24)19-4-8-1-2-11-10(3-8)22-12(23)6-25-11;11-14(12,13)10-7-3-5-8-4-1-2-6-9(8)10;/h1-3,5,7,18H,4,6,17H2,(H,19,24)(H,22,23);1-7H;1H. The van der Waals surface area contributed by atoms with E-state index in [1.807, 2.05) is 24.3 Å². The lowest BCUT2D eigenvalue weighted by molar-refractivity contribution is -0.118. The third kappa shape index (κ3) is 6.09. The Morgan fingerprint density at radius 2 is 1.88 bits per heavy atom. The summed E-state index contributed by atoms with van der Waals surface area (Å²) in [6.45, 7) is 0.274. The van der Waals surface area contributed by atoms with Crippen LogP contribution in [0.3, 0.4) is 0 Å². The molecule has 5 N–H and O–H groups in total. The summed E-state index contributed by atoms with van der Waals surface area (Å²) in [4.78, 5) is 35.0. The molecule has 0 fully saturated rings. The SMILES string of the molecule is Cl.Nc1c[nH]c2c(C(=O)NCc3ccc4c(c3)NC(=O)CO4)ncnc12.O=S(=O)(Cl)c1cccc2ccccc12. The fraction of sp³-hybridized carbons (Fsp3) is 0.0769. The van der Waals surface area contributed by atoms with Crippen LogP contribution in [0.4, 0.5) is 11.4 Å². The molecule has 11 nitrogen and oxygen atoms in total. The minimum absolute atomic E-state index is 0. The summed E-state index contributed by atoms with van der Waals surface area (Å²) >= 11 is 0. The lowest BCUT2D eigenvalue weighted by atomic mass is 10.1. The van der Waals surface area contributed by atoms with Gasteiger partial charge < -0.3 is 26.1 Å². The first-order chi connectivity index (χ1) is 18.7. The third-order valence-corrected chi connectivity index (χ3v) is 7.23. The minimum Gasteiger partial charge on any atom is -0.482 e. The fourth-order valence-corrected chi connectivity index (χ4v) is 5.14. The van der Waals surface area contributed by atoms with Crippen molar-refractivity contribution >= 4 is 77.1 Å². The van der Waals surface area contributed by atoms with Gasteiger partial charge in [-0.2, -0.15) is 0 Å². The Kier molecular flexibility index (Phi) is 8.43. The van der Waals surface area contributed by atoms with Crippen LogP contribution in [0.1, 0.15) is 16.1 Å². The van der Waals surface area contributed by atoms with Crippen molar-refractivity contribution < 1.29 is 22.7 Å². The molecule has 3 aromatic carbocycles. The van der Waals surface area contributed by atoms with Gasteiger partial charge in [-0.15, -0.1) is 12.4 Å². The number of nitrogens with one attached hydrogen (secondary N) is 3. The van der Waals surface area contributed by atoms with E-state index in [-0.39, 0.29) is 48.0 Å². The van der Waals surface area contributed by atoms with Crippen LogP contribution >= 0.6 is 23.1 Å². The molecule has 3 heterocycles. The van der Waals surface area contributed by atoms with Gasteiger partial charge in [0.15, 0.2) is 12.3 Å². The Labute approximate surface area is 238 Å². The van der Waals surface area contributed by atoms with Crippen molar-refractivity contribution in [2.24, 2.45) is 0 Å². The summed E-state index contributed by atoms with van der Waals surface area (Å²) in [6.07, 6.45) is 2.87. The van der Waals surface area contributed by atoms with Gasteiger partial charge in [0.05, 0.1) is 21.8 Å². The number of hydrogen-bond donors (Lipinski definition) is 4. The molecule has 0 spiro atoms. The number of nitrogen functional groups attached to an aromatic ring is 1. The highest BCUT2D eigenvalue weighted by Crippen LogP contribution is 2.28. The van der Waals surface area contributed by atoms with Crippen LogP contribution in [-0.4, -0.2) is 41.8 Å². The fourth-order valence-electron chi connectivity index (χ4n) is 4.05. The molecule has 6 rings (SSSR count). The maximum atomic E-state index is 12.4. The van der Waals surface area contributed by atoms with E-state index >= 15 is 0 Å². The van der Waals surface area contributed by atoms with Crippen molar-refractivity contribution in [1.82, 2.24) is 20.3 Å². The first kappa shape index (κ1) is 28.6. The zero-order valence-corrected chi connectivity index (χ0v) is 22.9. The van der Waals surface area contributed by atoms with Crippen LogP contribution in [0.2, 0.25) is 0 Å². The number of rotatable bonds is 4. The van der Waals surface area contributed by atoms with Gasteiger partial charge in [0.2, 0.25) is 0 Å². The van der Waals surface area contributed by atoms with Crippen molar-refractivity contribution in [3.63, 3.8) is 0 Å². The number of nitrogens with zero attached hydrogens (tertiary/aromatic N) is 2. The summed E-state index contributed by atoms with van der Waals surface area (Å²) in [5.74, 6) is 0.0442. The molecule has 0 bridgehead atoms. The van der Waals surface area contributed by atoms with Gasteiger partial charge in [-0.3, -0.25) is 9.59 Å². The van der Waals surface area contributed by atoms with Crippen LogP contribution in [-0.2, 0) is 20.4 Å². The van der Waals surface area contributed by atoms with Crippen molar-refractivity contribution in [2.45, 2.75) is 11.4 Å². The van der Waals surface area contributed by atoms with Crippen LogP contribution in [0.15, 0.2) is 78.1 Å². The van der Waals surface area contributed by atoms with E-state index < -0.39 is 9.05 Å². The van der Waals surface area contributed by atoms with Crippen molar-refractivity contribution in [2.75, 3.05) is 17.7 Å². The molecular weight excluding hydrogens is 579 g/mol. The average Bonchev–Trinajstić information content (AvgIpc) is 3.31. The van der Waals surface area contributed by atoms with E-state index in [4.69, 9.17) is 21.2 Å². The molecule has 0 unspecified atom stereocenters. The number of ether oxygens (including phenoxy) is 1. The molecule has 5 aromatic rings. The monoisotopic (exact) mass is 600 g/mol. The van der Waals surface area contributed by atoms with E-state index in [2.05, 4.69) is 25.6 Å². The second-order valence-corrected chi connectivity index (χ2v) is 11.0. The van der Waals surface area contributed by atoms with Crippen molar-refractivity contribution in [1.29, 1.82) is 0 Å². The number of aromatic amines is 1. The van der Waals surface area contributed by atoms with E-state index in [1.165, 1.54) is 12.4 Å². The van der Waals surface area contributed by atoms with E-state index in [0.717, 1.165) is 10.9 Å². The molecule has 0 aliphatic carbocycles. The van der Waals surface area contributed by atoms with E-state index in [9.17, 15) is 18.0 Å². The maximum absolute atomic E-state index is 12.4. The predicted molar refractivity (Wildman–Crippen MR) is 154 cm³/mol. The number of halogens is 2. The molecule has 40 heavy (non-hydrogen) atoms. The molecule has 2 amide bonds. The highest BCUT2D eigenvalue weighted by molar-refractivity contribution is 8.14. The number of aromatic nitrogens is 3. The van der Waals surface area contributed by atoms with Gasteiger partial charge in [-0.05, 0) is 29.1 Å². The third-order valence-electron chi connectivity index (χ3n) is 5.85. The Morgan fingerprint density at radius 1 is 1.10 bits per heavy atom. The number of amides is 2. The zero-order chi connectivity index (χ0) is 27.6. The molecular formula is C26H22Cl2N6O5S. The molecule has 206 valence electrons. The number of carbonyl (C=O) groups is 2. The van der Waals surface area contributed by atoms with Gasteiger partial charge in [0, 0.05) is 28.8 Å². The second-order valence-electron chi connectivity index (χ2n) is 8.46. The maximum Gasteiger partial charge on any atom is 0.272 e. The highest BCUT2D eigenvalue weighted by Gasteiger charge is 2.18. The zero-order valence-electron chi connectivity index (χ0n) is 20.5. The molecule has 14 heteroatoms. The lowest BCUT2D eigenvalue weighted by Crippen LogP contribution is -2.26. The van der Waals surface area contributed by atoms with Crippen molar-refractivity contribution in [3.8, 4) is 5.75 Å². The van der Waals surface area contributed by atoms with Crippen LogP contribution in [0.5, 0.6) is 5.75 Å². The van der Waals surface area contributed by atoms with Gasteiger partial charge in [-0.25, -0.2) is 18.4 Å². The normalized spacial score (nSPS) is 12.3. The Bertz CT molecular complexity index is 1840. The Balaban J connectivity index is 0.000000210. The second kappa shape index (κ2) is 11.8. The molecule has 1 aliphatic heterocycles. The van der Waals surface area contributed by atoms with Gasteiger partial charge in [0.1, 0.15) is 17.6 Å². The molecule has 0 radical (unpaired) electrons. The quantitative estimate of drug-likeness (QED) is 0.224. The molecule has 1 aliphatic rings. The molecule has 0 atom stereocenters. The lowest BCUT2D eigenvalue weighted by Gasteiger charge is -2.18. The largest absolute Gasteiger partial charge is 0.482 e. The van der Waals surface area contributed by atoms with Crippen LogP contribution in [0, 0.1) is 0 Å².